The largest absolute Gasteiger partial charge is 0.476 e. The van der Waals surface area contributed by atoms with Crippen LogP contribution in [0.5, 0.6) is 0 Å². The van der Waals surface area contributed by atoms with Crippen LogP contribution in [-0.4, -0.2) is 37.6 Å². The van der Waals surface area contributed by atoms with Gasteiger partial charge in [-0.1, -0.05) is 11.3 Å². The molecule has 1 aliphatic rings. The number of aromatic carboxylic acids is 1. The Morgan fingerprint density at radius 2 is 2.30 bits per heavy atom. The first-order valence-electron chi connectivity index (χ1n) is 7.05. The molecule has 23 heavy (non-hydrogen) atoms. The topological polar surface area (TPSA) is 120 Å². The summed E-state index contributed by atoms with van der Waals surface area (Å²) in [5, 5.41) is 27.9. The quantitative estimate of drug-likeness (QED) is 0.676. The van der Waals surface area contributed by atoms with E-state index in [1.54, 1.807) is 13.0 Å². The molecule has 2 aromatic rings. The van der Waals surface area contributed by atoms with E-state index in [1.807, 2.05) is 0 Å². The van der Waals surface area contributed by atoms with Gasteiger partial charge in [0.1, 0.15) is 11.8 Å². The van der Waals surface area contributed by atoms with Crippen molar-refractivity contribution < 1.29 is 19.6 Å². The number of hydrogen-bond acceptors (Lipinski definition) is 6. The van der Waals surface area contributed by atoms with Crippen LogP contribution in [0.25, 0.3) is 5.69 Å². The van der Waals surface area contributed by atoms with Crippen molar-refractivity contribution in [2.24, 2.45) is 0 Å². The van der Waals surface area contributed by atoms with Gasteiger partial charge in [-0.25, -0.2) is 9.48 Å². The van der Waals surface area contributed by atoms with Crippen LogP contribution in [0.4, 0.5) is 5.69 Å². The van der Waals surface area contributed by atoms with E-state index in [0.29, 0.717) is 24.4 Å². The Morgan fingerprint density at radius 3 is 2.91 bits per heavy atom. The lowest BCUT2D eigenvalue weighted by molar-refractivity contribution is -0.384. The van der Waals surface area contributed by atoms with Crippen molar-refractivity contribution in [1.82, 2.24) is 15.0 Å². The Hall–Kier alpha value is -2.81. The van der Waals surface area contributed by atoms with Crippen molar-refractivity contribution in [3.8, 4) is 5.69 Å². The number of carboxylic acid groups (broad SMARTS) is 1. The highest BCUT2D eigenvalue weighted by Gasteiger charge is 2.31. The maximum Gasteiger partial charge on any atom is 0.358 e. The van der Waals surface area contributed by atoms with Crippen LogP contribution in [0.1, 0.15) is 40.7 Å². The molecule has 0 amide bonds. The zero-order valence-electron chi connectivity index (χ0n) is 12.3. The number of aryl methyl sites for hydroxylation is 1. The molecular formula is C14H14N4O5. The summed E-state index contributed by atoms with van der Waals surface area (Å²) in [5.41, 5.74) is 1.17. The van der Waals surface area contributed by atoms with Crippen molar-refractivity contribution in [2.45, 2.75) is 25.9 Å². The molecule has 120 valence electrons. The fourth-order valence-corrected chi connectivity index (χ4v) is 2.64. The number of nitro benzene ring substituents is 1. The van der Waals surface area contributed by atoms with Crippen LogP contribution in [0.2, 0.25) is 0 Å². The van der Waals surface area contributed by atoms with Gasteiger partial charge in [-0.2, -0.15) is 0 Å². The first-order valence-corrected chi connectivity index (χ1v) is 7.05. The molecule has 0 bridgehead atoms. The second kappa shape index (κ2) is 5.76. The van der Waals surface area contributed by atoms with Gasteiger partial charge in [0.25, 0.3) is 5.69 Å². The predicted octanol–water partition coefficient (Wildman–Crippen LogP) is 2.03. The number of aromatic nitrogens is 3. The molecule has 1 aromatic heterocycles. The normalized spacial score (nSPS) is 17.3. The van der Waals surface area contributed by atoms with E-state index in [2.05, 4.69) is 10.3 Å². The van der Waals surface area contributed by atoms with Crippen molar-refractivity contribution in [1.29, 1.82) is 0 Å². The van der Waals surface area contributed by atoms with Crippen LogP contribution >= 0.6 is 0 Å². The van der Waals surface area contributed by atoms with Gasteiger partial charge in [-0.05, 0) is 25.3 Å². The molecule has 1 fully saturated rings. The highest BCUT2D eigenvalue weighted by Crippen LogP contribution is 2.33. The molecule has 9 nitrogen and oxygen atoms in total. The molecule has 0 saturated carbocycles. The minimum absolute atomic E-state index is 0.101. The zero-order valence-corrected chi connectivity index (χ0v) is 12.3. The second-order valence-corrected chi connectivity index (χ2v) is 5.27. The van der Waals surface area contributed by atoms with E-state index in [9.17, 15) is 20.0 Å². The third-order valence-electron chi connectivity index (χ3n) is 3.77. The summed E-state index contributed by atoms with van der Waals surface area (Å²) in [6, 6.07) is 4.34. The monoisotopic (exact) mass is 318 g/mol. The molecule has 0 radical (unpaired) electrons. The number of nitrogens with zero attached hydrogens (tertiary/aromatic N) is 4. The Balaban J connectivity index is 2.18. The molecule has 1 unspecified atom stereocenters. The molecule has 0 spiro atoms. The van der Waals surface area contributed by atoms with Gasteiger partial charge in [-0.15, -0.1) is 5.10 Å². The number of nitro groups is 1. The first-order chi connectivity index (χ1) is 11.0. The van der Waals surface area contributed by atoms with Gasteiger partial charge in [-0.3, -0.25) is 10.1 Å². The highest BCUT2D eigenvalue weighted by molar-refractivity contribution is 5.86. The van der Waals surface area contributed by atoms with Gasteiger partial charge >= 0.3 is 5.97 Å². The third-order valence-corrected chi connectivity index (χ3v) is 3.77. The average Bonchev–Trinajstić information content (AvgIpc) is 3.16. The highest BCUT2D eigenvalue weighted by atomic mass is 16.6. The minimum atomic E-state index is -1.20. The Morgan fingerprint density at radius 1 is 1.52 bits per heavy atom. The minimum Gasteiger partial charge on any atom is -0.476 e. The summed E-state index contributed by atoms with van der Waals surface area (Å²) in [6.45, 7) is 2.29. The smallest absolute Gasteiger partial charge is 0.358 e. The molecular weight excluding hydrogens is 304 g/mol. The Labute approximate surface area is 130 Å². The second-order valence-electron chi connectivity index (χ2n) is 5.27. The SMILES string of the molecule is Cc1ccc([N+](=O)[O-])cc1-n1nnc(C(=O)O)c1C1CCCO1. The predicted molar refractivity (Wildman–Crippen MR) is 77.6 cm³/mol. The van der Waals surface area contributed by atoms with Crippen LogP contribution < -0.4 is 0 Å². The summed E-state index contributed by atoms with van der Waals surface area (Å²) in [7, 11) is 0. The van der Waals surface area contributed by atoms with Crippen molar-refractivity contribution >= 4 is 11.7 Å². The Bertz CT molecular complexity index is 779. The Kier molecular flexibility index (Phi) is 3.78. The molecule has 3 rings (SSSR count). The van der Waals surface area contributed by atoms with Gasteiger partial charge in [0.2, 0.25) is 0 Å². The lowest BCUT2D eigenvalue weighted by atomic mass is 10.1. The summed E-state index contributed by atoms with van der Waals surface area (Å²) >= 11 is 0. The number of non-ortho nitro benzene ring substituents is 1. The maximum absolute atomic E-state index is 11.4. The molecule has 2 heterocycles. The van der Waals surface area contributed by atoms with E-state index in [4.69, 9.17) is 4.74 Å². The number of carbonyl (C=O) groups is 1. The maximum atomic E-state index is 11.4. The summed E-state index contributed by atoms with van der Waals surface area (Å²) in [5.74, 6) is -1.20. The van der Waals surface area contributed by atoms with E-state index in [0.717, 1.165) is 12.0 Å². The average molecular weight is 318 g/mol. The molecule has 1 N–H and O–H groups in total. The van der Waals surface area contributed by atoms with Crippen molar-refractivity contribution in [2.75, 3.05) is 6.61 Å². The number of ether oxygens (including phenoxy) is 1. The molecule has 0 aliphatic carbocycles. The van der Waals surface area contributed by atoms with E-state index < -0.39 is 17.0 Å². The van der Waals surface area contributed by atoms with Crippen LogP contribution in [0, 0.1) is 17.0 Å². The fraction of sp³-hybridized carbons (Fsp3) is 0.357. The standard InChI is InChI=1S/C14H14N4O5/c1-8-4-5-9(18(21)22)7-10(8)17-13(11-3-2-6-23-11)12(14(19)20)15-16-17/h4-5,7,11H,2-3,6H2,1H3,(H,19,20). The fourth-order valence-electron chi connectivity index (χ4n) is 2.64. The van der Waals surface area contributed by atoms with Gasteiger partial charge < -0.3 is 9.84 Å². The molecule has 1 atom stereocenters. The zero-order chi connectivity index (χ0) is 16.6. The van der Waals surface area contributed by atoms with Crippen molar-refractivity contribution in [3.05, 3.63) is 45.3 Å². The molecule has 9 heteroatoms. The number of benzene rings is 1. The van der Waals surface area contributed by atoms with Crippen LogP contribution in [0.15, 0.2) is 18.2 Å². The molecule has 1 aromatic carbocycles. The van der Waals surface area contributed by atoms with Crippen molar-refractivity contribution in [3.63, 3.8) is 0 Å². The summed E-state index contributed by atoms with van der Waals surface area (Å²) in [4.78, 5) is 21.9. The van der Waals surface area contributed by atoms with E-state index >= 15 is 0 Å². The molecule has 1 saturated heterocycles. The number of carboxylic acids is 1. The van der Waals surface area contributed by atoms with E-state index in [1.165, 1.54) is 16.8 Å². The van der Waals surface area contributed by atoms with E-state index in [-0.39, 0.29) is 11.4 Å². The first kappa shape index (κ1) is 15.1. The molecule has 1 aliphatic heterocycles. The lowest BCUT2D eigenvalue weighted by Crippen LogP contribution is -2.12. The number of rotatable bonds is 4. The van der Waals surface area contributed by atoms with Gasteiger partial charge in [0.15, 0.2) is 5.69 Å². The lowest BCUT2D eigenvalue weighted by Gasteiger charge is -2.14. The summed E-state index contributed by atoms with van der Waals surface area (Å²) in [6.07, 6.45) is 1.03. The van der Waals surface area contributed by atoms with Crippen LogP contribution in [-0.2, 0) is 4.74 Å². The van der Waals surface area contributed by atoms with Crippen LogP contribution in [0.3, 0.4) is 0 Å². The summed E-state index contributed by atoms with van der Waals surface area (Å²) < 4.78 is 6.90. The van der Waals surface area contributed by atoms with Gasteiger partial charge in [0, 0.05) is 18.7 Å². The number of hydrogen-bond donors (Lipinski definition) is 1. The third kappa shape index (κ3) is 2.66. The van der Waals surface area contributed by atoms with Gasteiger partial charge in [0.05, 0.1) is 10.6 Å².